The first-order valence-electron chi connectivity index (χ1n) is 6.87. The van der Waals surface area contributed by atoms with Crippen LogP contribution >= 0.6 is 11.3 Å². The summed E-state index contributed by atoms with van der Waals surface area (Å²) in [5, 5.41) is 5.27. The molecule has 8 heteroatoms. The van der Waals surface area contributed by atoms with Crippen LogP contribution in [0.5, 0.6) is 0 Å². The first-order chi connectivity index (χ1) is 10.3. The number of hydrogen-bond acceptors (Lipinski definition) is 5. The van der Waals surface area contributed by atoms with Gasteiger partial charge in [0.05, 0.1) is 5.39 Å². The first-order valence-corrected chi connectivity index (χ1v) is 7.69. The SMILES string of the molecule is Cc1sc2nc(C)n3c(=O)n(CC(=O)N(C)C)nc3c2c1C. The molecular formula is C14H17N5O2S. The molecule has 0 aliphatic rings. The molecule has 3 aromatic rings. The van der Waals surface area contributed by atoms with E-state index in [9.17, 15) is 9.59 Å². The van der Waals surface area contributed by atoms with Crippen LogP contribution in [0.15, 0.2) is 4.79 Å². The maximum atomic E-state index is 12.5. The smallest absolute Gasteiger partial charge is 0.347 e. The van der Waals surface area contributed by atoms with Gasteiger partial charge in [-0.3, -0.25) is 4.79 Å². The Balaban J connectivity index is 2.33. The van der Waals surface area contributed by atoms with Gasteiger partial charge in [-0.05, 0) is 26.3 Å². The van der Waals surface area contributed by atoms with E-state index >= 15 is 0 Å². The minimum absolute atomic E-state index is 0.0728. The van der Waals surface area contributed by atoms with Crippen molar-refractivity contribution in [1.29, 1.82) is 0 Å². The molecule has 0 aliphatic carbocycles. The third-order valence-corrected chi connectivity index (χ3v) is 4.90. The molecule has 0 spiro atoms. The van der Waals surface area contributed by atoms with Gasteiger partial charge < -0.3 is 4.90 Å². The zero-order valence-corrected chi connectivity index (χ0v) is 14.0. The van der Waals surface area contributed by atoms with E-state index in [4.69, 9.17) is 0 Å². The fraction of sp³-hybridized carbons (Fsp3) is 0.429. The average molecular weight is 319 g/mol. The second kappa shape index (κ2) is 4.91. The lowest BCUT2D eigenvalue weighted by atomic mass is 10.2. The second-order valence-electron chi connectivity index (χ2n) is 5.51. The Morgan fingerprint density at radius 2 is 1.95 bits per heavy atom. The Kier molecular flexibility index (Phi) is 3.28. The van der Waals surface area contributed by atoms with Crippen LogP contribution in [0.1, 0.15) is 16.3 Å². The third-order valence-electron chi connectivity index (χ3n) is 3.80. The molecule has 0 atom stereocenters. The summed E-state index contributed by atoms with van der Waals surface area (Å²) < 4.78 is 2.68. The van der Waals surface area contributed by atoms with Gasteiger partial charge in [-0.15, -0.1) is 16.4 Å². The summed E-state index contributed by atoms with van der Waals surface area (Å²) in [7, 11) is 3.31. The largest absolute Gasteiger partial charge is 0.352 e. The predicted octanol–water partition coefficient (Wildman–Crippen LogP) is 1.12. The van der Waals surface area contributed by atoms with Crippen molar-refractivity contribution >= 4 is 33.1 Å². The highest BCUT2D eigenvalue weighted by Gasteiger charge is 2.19. The van der Waals surface area contributed by atoms with E-state index < -0.39 is 0 Å². The van der Waals surface area contributed by atoms with E-state index in [0.717, 1.165) is 20.7 Å². The molecule has 22 heavy (non-hydrogen) atoms. The number of amides is 1. The Morgan fingerprint density at radius 3 is 2.59 bits per heavy atom. The summed E-state index contributed by atoms with van der Waals surface area (Å²) in [6.45, 7) is 5.73. The van der Waals surface area contributed by atoms with E-state index in [1.54, 1.807) is 32.4 Å². The number of aromatic nitrogens is 4. The number of hydrogen-bond donors (Lipinski definition) is 0. The Bertz CT molecular complexity index is 963. The number of likely N-dealkylation sites (N-methyl/N-ethyl adjacent to an activating group) is 1. The van der Waals surface area contributed by atoms with Crippen molar-refractivity contribution in [2.24, 2.45) is 0 Å². The monoisotopic (exact) mass is 319 g/mol. The highest BCUT2D eigenvalue weighted by Crippen LogP contribution is 2.31. The van der Waals surface area contributed by atoms with Gasteiger partial charge in [0.1, 0.15) is 17.2 Å². The van der Waals surface area contributed by atoms with Crippen molar-refractivity contribution in [2.45, 2.75) is 27.3 Å². The molecule has 0 aliphatic heterocycles. The zero-order chi connectivity index (χ0) is 16.2. The number of aryl methyl sites for hydroxylation is 3. The molecule has 7 nitrogen and oxygen atoms in total. The minimum Gasteiger partial charge on any atom is -0.347 e. The fourth-order valence-corrected chi connectivity index (χ4v) is 3.45. The van der Waals surface area contributed by atoms with E-state index in [-0.39, 0.29) is 18.1 Å². The maximum Gasteiger partial charge on any atom is 0.352 e. The van der Waals surface area contributed by atoms with Gasteiger partial charge in [-0.25, -0.2) is 18.9 Å². The van der Waals surface area contributed by atoms with Crippen LogP contribution in [0.2, 0.25) is 0 Å². The van der Waals surface area contributed by atoms with E-state index in [0.29, 0.717) is 11.5 Å². The molecule has 3 heterocycles. The van der Waals surface area contributed by atoms with Crippen LogP contribution in [0.4, 0.5) is 0 Å². The Hall–Kier alpha value is -2.22. The molecule has 3 aromatic heterocycles. The lowest BCUT2D eigenvalue weighted by Gasteiger charge is -2.08. The highest BCUT2D eigenvalue weighted by molar-refractivity contribution is 7.18. The van der Waals surface area contributed by atoms with Crippen LogP contribution < -0.4 is 5.69 Å². The number of carbonyl (C=O) groups is 1. The molecule has 1 amide bonds. The predicted molar refractivity (Wildman–Crippen MR) is 85.5 cm³/mol. The van der Waals surface area contributed by atoms with Crippen molar-refractivity contribution < 1.29 is 4.79 Å². The molecule has 0 N–H and O–H groups in total. The number of rotatable bonds is 2. The Labute approximate surface area is 130 Å². The topological polar surface area (TPSA) is 72.5 Å². The molecule has 0 saturated heterocycles. The van der Waals surface area contributed by atoms with Crippen molar-refractivity contribution in [3.05, 3.63) is 26.7 Å². The summed E-state index contributed by atoms with van der Waals surface area (Å²) in [5.74, 6) is 0.405. The summed E-state index contributed by atoms with van der Waals surface area (Å²) in [6, 6.07) is 0. The molecule has 0 radical (unpaired) electrons. The number of nitrogens with zero attached hydrogens (tertiary/aromatic N) is 5. The van der Waals surface area contributed by atoms with Crippen molar-refractivity contribution in [3.8, 4) is 0 Å². The van der Waals surface area contributed by atoms with Crippen molar-refractivity contribution in [3.63, 3.8) is 0 Å². The van der Waals surface area contributed by atoms with Gasteiger partial charge in [0.15, 0.2) is 5.65 Å². The van der Waals surface area contributed by atoms with E-state index in [1.165, 1.54) is 14.0 Å². The zero-order valence-electron chi connectivity index (χ0n) is 13.2. The van der Waals surface area contributed by atoms with Crippen LogP contribution in [-0.2, 0) is 11.3 Å². The molecule has 3 rings (SSSR count). The maximum absolute atomic E-state index is 12.5. The molecular weight excluding hydrogens is 302 g/mol. The Morgan fingerprint density at radius 1 is 1.27 bits per heavy atom. The molecule has 116 valence electrons. The van der Waals surface area contributed by atoms with Crippen LogP contribution in [0, 0.1) is 20.8 Å². The van der Waals surface area contributed by atoms with Crippen molar-refractivity contribution in [1.82, 2.24) is 24.1 Å². The summed E-state index contributed by atoms with van der Waals surface area (Å²) in [5.41, 5.74) is 1.31. The number of thiophene rings is 1. The average Bonchev–Trinajstić information content (AvgIpc) is 2.89. The van der Waals surface area contributed by atoms with E-state index in [2.05, 4.69) is 10.1 Å². The molecule has 0 fully saturated rings. The summed E-state index contributed by atoms with van der Waals surface area (Å²) >= 11 is 1.59. The molecule has 0 aromatic carbocycles. The first kappa shape index (κ1) is 14.7. The van der Waals surface area contributed by atoms with Gasteiger partial charge in [0, 0.05) is 19.0 Å². The van der Waals surface area contributed by atoms with Crippen LogP contribution in [0.25, 0.3) is 15.9 Å². The van der Waals surface area contributed by atoms with Gasteiger partial charge in [0.2, 0.25) is 5.91 Å². The lowest BCUT2D eigenvalue weighted by Crippen LogP contribution is -2.32. The third kappa shape index (κ3) is 2.02. The van der Waals surface area contributed by atoms with Gasteiger partial charge in [-0.1, -0.05) is 0 Å². The van der Waals surface area contributed by atoms with E-state index in [1.807, 2.05) is 13.8 Å². The fourth-order valence-electron chi connectivity index (χ4n) is 2.38. The van der Waals surface area contributed by atoms with Gasteiger partial charge in [0.25, 0.3) is 0 Å². The quantitative estimate of drug-likeness (QED) is 0.709. The summed E-state index contributed by atoms with van der Waals surface area (Å²) in [4.78, 5) is 32.4. The highest BCUT2D eigenvalue weighted by atomic mass is 32.1. The summed E-state index contributed by atoms with van der Waals surface area (Å²) in [6.07, 6.45) is 0. The van der Waals surface area contributed by atoms with Crippen molar-refractivity contribution in [2.75, 3.05) is 14.1 Å². The molecule has 0 bridgehead atoms. The number of fused-ring (bicyclic) bond motifs is 3. The van der Waals surface area contributed by atoms with Crippen LogP contribution in [0.3, 0.4) is 0 Å². The standard InChI is InChI=1S/C14H17N5O2S/c1-7-8(2)22-13-11(7)12-16-18(6-10(20)17(4)5)14(21)19(12)9(3)15-13/h6H2,1-5H3. The second-order valence-corrected chi connectivity index (χ2v) is 6.71. The van der Waals surface area contributed by atoms with Crippen LogP contribution in [-0.4, -0.2) is 44.1 Å². The lowest BCUT2D eigenvalue weighted by molar-refractivity contribution is -0.129. The normalized spacial score (nSPS) is 11.5. The number of carbonyl (C=O) groups excluding carboxylic acids is 1. The molecule has 0 unspecified atom stereocenters. The minimum atomic E-state index is -0.333. The molecule has 0 saturated carbocycles. The van der Waals surface area contributed by atoms with Gasteiger partial charge >= 0.3 is 5.69 Å². The van der Waals surface area contributed by atoms with Gasteiger partial charge in [-0.2, -0.15) is 0 Å².